The first-order valence-electron chi connectivity index (χ1n) is 10.9. The molecule has 0 spiro atoms. The number of esters is 1. The smallest absolute Gasteiger partial charge is 0.337 e. The molecule has 0 saturated carbocycles. The van der Waals surface area contributed by atoms with Gasteiger partial charge in [0.05, 0.1) is 43.1 Å². The number of ether oxygens (including phenoxy) is 2. The van der Waals surface area contributed by atoms with Crippen molar-refractivity contribution in [1.29, 1.82) is 0 Å². The molecule has 2 heterocycles. The Morgan fingerprint density at radius 2 is 1.74 bits per heavy atom. The summed E-state index contributed by atoms with van der Waals surface area (Å²) in [5, 5.41) is 0. The molecule has 1 aromatic heterocycles. The molecule has 1 aliphatic heterocycles. The summed E-state index contributed by atoms with van der Waals surface area (Å²) in [6, 6.07) is 20.2. The van der Waals surface area contributed by atoms with E-state index in [2.05, 4.69) is 0 Å². The first kappa shape index (κ1) is 22.7. The van der Waals surface area contributed by atoms with Crippen LogP contribution in [0.3, 0.4) is 0 Å². The highest BCUT2D eigenvalue weighted by Crippen LogP contribution is 2.42. The molecule has 8 heteroatoms. The van der Waals surface area contributed by atoms with E-state index < -0.39 is 5.97 Å². The van der Waals surface area contributed by atoms with Crippen molar-refractivity contribution in [3.05, 3.63) is 89.3 Å². The van der Waals surface area contributed by atoms with Crippen LogP contribution in [0.15, 0.2) is 80.9 Å². The zero-order chi connectivity index (χ0) is 24.5. The largest absolute Gasteiger partial charge is 0.496 e. The minimum Gasteiger partial charge on any atom is -0.496 e. The third kappa shape index (κ3) is 4.17. The van der Waals surface area contributed by atoms with Crippen LogP contribution in [-0.4, -0.2) is 31.1 Å². The minimum atomic E-state index is -0.469. The second-order valence-electron chi connectivity index (χ2n) is 7.89. The summed E-state index contributed by atoms with van der Waals surface area (Å²) in [5.41, 5.74) is 2.89. The van der Waals surface area contributed by atoms with Gasteiger partial charge in [-0.2, -0.15) is 0 Å². The zero-order valence-electron chi connectivity index (χ0n) is 19.4. The van der Waals surface area contributed by atoms with Crippen LogP contribution in [0.4, 0.5) is 5.69 Å². The fraction of sp³-hybridized carbons (Fsp3) is 0.148. The van der Waals surface area contributed by atoms with Crippen molar-refractivity contribution in [1.82, 2.24) is 4.98 Å². The van der Waals surface area contributed by atoms with Crippen LogP contribution in [0, 0.1) is 6.92 Å². The van der Waals surface area contributed by atoms with Crippen LogP contribution < -0.4 is 9.64 Å². The van der Waals surface area contributed by atoms with Gasteiger partial charge >= 0.3 is 5.97 Å². The molecule has 0 radical (unpaired) electrons. The lowest BCUT2D eigenvalue weighted by Gasteiger charge is -2.22. The number of anilines is 1. The lowest BCUT2D eigenvalue weighted by Crippen LogP contribution is -2.31. The third-order valence-electron chi connectivity index (χ3n) is 5.79. The van der Waals surface area contributed by atoms with Gasteiger partial charge in [-0.1, -0.05) is 36.0 Å². The number of methoxy groups -OCH3 is 2. The molecule has 0 bridgehead atoms. The predicted octanol–water partition coefficient (Wildman–Crippen LogP) is 5.76. The van der Waals surface area contributed by atoms with E-state index in [1.807, 2.05) is 55.5 Å². The Morgan fingerprint density at radius 3 is 2.51 bits per heavy atom. The van der Waals surface area contributed by atoms with E-state index in [1.165, 1.54) is 18.9 Å². The fourth-order valence-corrected chi connectivity index (χ4v) is 5.04. The van der Waals surface area contributed by atoms with E-state index in [4.69, 9.17) is 18.9 Å². The van der Waals surface area contributed by atoms with Crippen molar-refractivity contribution in [2.75, 3.05) is 19.1 Å². The molecule has 0 saturated heterocycles. The molecule has 4 aromatic rings. The number of hydrogen-bond donors (Lipinski definition) is 0. The van der Waals surface area contributed by atoms with Gasteiger partial charge in [-0.3, -0.25) is 4.79 Å². The zero-order valence-corrected chi connectivity index (χ0v) is 20.2. The lowest BCUT2D eigenvalue weighted by molar-refractivity contribution is 0.0600. The Kier molecular flexibility index (Phi) is 6.05. The number of aromatic nitrogens is 1. The van der Waals surface area contributed by atoms with Gasteiger partial charge in [0, 0.05) is 9.79 Å². The number of carbonyl (C=O) groups is 2. The van der Waals surface area contributed by atoms with Crippen molar-refractivity contribution >= 4 is 29.3 Å². The molecule has 0 aliphatic carbocycles. The molecule has 3 aromatic carbocycles. The second-order valence-corrected chi connectivity index (χ2v) is 8.97. The van der Waals surface area contributed by atoms with Gasteiger partial charge < -0.3 is 18.8 Å². The van der Waals surface area contributed by atoms with Crippen LogP contribution in [0.5, 0.6) is 5.75 Å². The monoisotopic (exact) mass is 486 g/mol. The Morgan fingerprint density at radius 1 is 1.00 bits per heavy atom. The molecule has 176 valence electrons. The van der Waals surface area contributed by atoms with Crippen molar-refractivity contribution < 1.29 is 23.5 Å². The number of oxazole rings is 1. The summed E-state index contributed by atoms with van der Waals surface area (Å²) in [5.74, 6) is 0.993. The molecule has 0 fully saturated rings. The number of amides is 1. The average molecular weight is 487 g/mol. The van der Waals surface area contributed by atoms with Crippen molar-refractivity contribution in [2.24, 2.45) is 0 Å². The van der Waals surface area contributed by atoms with Gasteiger partial charge in [-0.25, -0.2) is 9.78 Å². The van der Waals surface area contributed by atoms with Crippen molar-refractivity contribution in [2.45, 2.75) is 23.3 Å². The minimum absolute atomic E-state index is 0.163. The molecule has 1 aliphatic rings. The SMILES string of the molecule is COC(=O)c1ccc2c(c1)N(Cc1nc(-c3ccccc3OC)oc1C)C(=O)c1ccccc1S2. The molecular weight excluding hydrogens is 464 g/mol. The Hall–Kier alpha value is -4.04. The first-order chi connectivity index (χ1) is 17.0. The number of hydrogen-bond acceptors (Lipinski definition) is 7. The standard InChI is InChI=1S/C27H22N2O5S/c1-16-20(28-25(34-16)18-8-4-6-10-22(18)32-2)15-29-21-14-17(27(31)33-3)12-13-24(21)35-23-11-7-5-9-19(23)26(29)30/h4-14H,15H2,1-3H3. The average Bonchev–Trinajstić information content (AvgIpc) is 3.21. The molecular formula is C27H22N2O5S. The molecule has 35 heavy (non-hydrogen) atoms. The molecule has 5 rings (SSSR count). The van der Waals surface area contributed by atoms with Crippen LogP contribution in [0.25, 0.3) is 11.5 Å². The predicted molar refractivity (Wildman–Crippen MR) is 132 cm³/mol. The van der Waals surface area contributed by atoms with Gasteiger partial charge in [0.25, 0.3) is 5.91 Å². The van der Waals surface area contributed by atoms with E-state index in [9.17, 15) is 9.59 Å². The lowest BCUT2D eigenvalue weighted by atomic mass is 10.1. The van der Waals surface area contributed by atoms with Crippen LogP contribution in [0.1, 0.15) is 32.2 Å². The highest BCUT2D eigenvalue weighted by Gasteiger charge is 2.30. The maximum absolute atomic E-state index is 13.8. The van der Waals surface area contributed by atoms with E-state index >= 15 is 0 Å². The number of nitrogens with zero attached hydrogens (tertiary/aromatic N) is 2. The molecule has 0 atom stereocenters. The number of benzene rings is 3. The van der Waals surface area contributed by atoms with Gasteiger partial charge in [-0.05, 0) is 49.4 Å². The van der Waals surface area contributed by atoms with Crippen LogP contribution >= 0.6 is 11.8 Å². The quantitative estimate of drug-likeness (QED) is 0.332. The fourth-order valence-electron chi connectivity index (χ4n) is 3.98. The number of fused-ring (bicyclic) bond motifs is 2. The summed E-state index contributed by atoms with van der Waals surface area (Å²) >= 11 is 1.49. The van der Waals surface area contributed by atoms with Gasteiger partial charge in [0.15, 0.2) is 0 Å². The van der Waals surface area contributed by atoms with E-state index in [1.54, 1.807) is 30.2 Å². The summed E-state index contributed by atoms with van der Waals surface area (Å²) < 4.78 is 16.3. The molecule has 0 unspecified atom stereocenters. The van der Waals surface area contributed by atoms with E-state index in [-0.39, 0.29) is 12.5 Å². The molecule has 0 N–H and O–H groups in total. The normalized spacial score (nSPS) is 12.5. The summed E-state index contributed by atoms with van der Waals surface area (Å²) in [6.45, 7) is 1.98. The summed E-state index contributed by atoms with van der Waals surface area (Å²) in [6.07, 6.45) is 0. The Bertz CT molecular complexity index is 1450. The number of para-hydroxylation sites is 1. The van der Waals surface area contributed by atoms with E-state index in [0.29, 0.717) is 39.9 Å². The Labute approximate surface area is 206 Å². The van der Waals surface area contributed by atoms with E-state index in [0.717, 1.165) is 15.4 Å². The van der Waals surface area contributed by atoms with Gasteiger partial charge in [-0.15, -0.1) is 0 Å². The maximum atomic E-state index is 13.8. The van der Waals surface area contributed by atoms with Gasteiger partial charge in [0.1, 0.15) is 17.2 Å². The molecule has 1 amide bonds. The maximum Gasteiger partial charge on any atom is 0.337 e. The Balaban J connectivity index is 1.60. The highest BCUT2D eigenvalue weighted by molar-refractivity contribution is 7.99. The topological polar surface area (TPSA) is 81.9 Å². The van der Waals surface area contributed by atoms with Crippen molar-refractivity contribution in [3.63, 3.8) is 0 Å². The van der Waals surface area contributed by atoms with Crippen molar-refractivity contribution in [3.8, 4) is 17.2 Å². The summed E-state index contributed by atoms with van der Waals surface area (Å²) in [4.78, 5) is 34.1. The number of aryl methyl sites for hydroxylation is 1. The van der Waals surface area contributed by atoms with Crippen LogP contribution in [-0.2, 0) is 11.3 Å². The highest BCUT2D eigenvalue weighted by atomic mass is 32.2. The third-order valence-corrected chi connectivity index (χ3v) is 6.93. The number of rotatable bonds is 5. The molecule has 7 nitrogen and oxygen atoms in total. The van der Waals surface area contributed by atoms with Gasteiger partial charge in [0.2, 0.25) is 5.89 Å². The second kappa shape index (κ2) is 9.31. The van der Waals surface area contributed by atoms with Crippen LogP contribution in [0.2, 0.25) is 0 Å². The number of carbonyl (C=O) groups excluding carboxylic acids is 2. The summed E-state index contributed by atoms with van der Waals surface area (Å²) in [7, 11) is 2.93. The first-order valence-corrected chi connectivity index (χ1v) is 11.7.